The zero-order valence-electron chi connectivity index (χ0n) is 9.27. The van der Waals surface area contributed by atoms with E-state index in [0.717, 1.165) is 16.6 Å². The minimum atomic E-state index is 0.989. The fraction of sp³-hybridized carbons (Fsp3) is 0.154. The third-order valence-corrected chi connectivity index (χ3v) is 2.90. The maximum Gasteiger partial charge on any atom is 0.118 e. The second kappa shape index (κ2) is 3.23. The minimum absolute atomic E-state index is 0.989. The Kier molecular flexibility index (Phi) is 1.86. The van der Waals surface area contributed by atoms with Gasteiger partial charge in [0.05, 0.1) is 5.69 Å². The summed E-state index contributed by atoms with van der Waals surface area (Å²) in [6, 6.07) is 12.5. The Morgan fingerprint density at radius 2 is 1.88 bits per heavy atom. The van der Waals surface area contributed by atoms with Gasteiger partial charge in [0.2, 0.25) is 0 Å². The van der Waals surface area contributed by atoms with Crippen molar-refractivity contribution in [1.82, 2.24) is 9.94 Å². The fourth-order valence-corrected chi connectivity index (χ4v) is 2.13. The van der Waals surface area contributed by atoms with E-state index < -0.39 is 0 Å². The predicted octanol–water partition coefficient (Wildman–Crippen LogP) is 2.56. The maximum absolute atomic E-state index is 5.26. The molecule has 1 heterocycles. The topological polar surface area (TPSA) is 27.1 Å². The molecule has 0 aliphatic rings. The summed E-state index contributed by atoms with van der Waals surface area (Å²) in [5, 5.41) is 7.86. The summed E-state index contributed by atoms with van der Waals surface area (Å²) in [5.41, 5.74) is 2.03. The van der Waals surface area contributed by atoms with Crippen molar-refractivity contribution in [1.29, 1.82) is 0 Å². The first-order valence-electron chi connectivity index (χ1n) is 5.23. The summed E-state index contributed by atoms with van der Waals surface area (Å²) in [6.45, 7) is 1.99. The molecule has 3 heteroatoms. The summed E-state index contributed by atoms with van der Waals surface area (Å²) in [7, 11) is 1.63. The minimum Gasteiger partial charge on any atom is -0.399 e. The average Bonchev–Trinajstić information content (AvgIpc) is 2.66. The normalized spacial score (nSPS) is 11.1. The molecule has 0 saturated carbocycles. The van der Waals surface area contributed by atoms with Crippen LogP contribution in [0.15, 0.2) is 36.4 Å². The highest BCUT2D eigenvalue weighted by Crippen LogP contribution is 2.26. The predicted molar refractivity (Wildman–Crippen MR) is 64.5 cm³/mol. The van der Waals surface area contributed by atoms with Crippen molar-refractivity contribution in [3.8, 4) is 0 Å². The van der Waals surface area contributed by atoms with E-state index in [1.165, 1.54) is 10.8 Å². The van der Waals surface area contributed by atoms with Gasteiger partial charge in [0.25, 0.3) is 0 Å². The molecular weight excluding hydrogens is 200 g/mol. The lowest BCUT2D eigenvalue weighted by atomic mass is 10.1. The average molecular weight is 212 g/mol. The van der Waals surface area contributed by atoms with Crippen molar-refractivity contribution in [2.24, 2.45) is 0 Å². The van der Waals surface area contributed by atoms with E-state index in [-0.39, 0.29) is 0 Å². The lowest BCUT2D eigenvalue weighted by Crippen LogP contribution is -2.07. The van der Waals surface area contributed by atoms with Gasteiger partial charge in [-0.1, -0.05) is 41.2 Å². The second-order valence-corrected chi connectivity index (χ2v) is 3.82. The van der Waals surface area contributed by atoms with E-state index in [1.807, 2.05) is 19.1 Å². The van der Waals surface area contributed by atoms with Gasteiger partial charge in [0.15, 0.2) is 0 Å². The zero-order chi connectivity index (χ0) is 11.1. The first kappa shape index (κ1) is 9.21. The molecule has 0 aliphatic heterocycles. The van der Waals surface area contributed by atoms with Crippen LogP contribution >= 0.6 is 0 Å². The van der Waals surface area contributed by atoms with Gasteiger partial charge in [-0.25, -0.2) is 0 Å². The number of nitrogens with zero attached hydrogens (tertiary/aromatic N) is 2. The molecule has 0 N–H and O–H groups in total. The standard InChI is InChI=1S/C13H12N2O/c1-9-11-8-7-10-5-3-4-6-12(10)13(11)15(14-9)16-2/h3-8H,1-2H3. The van der Waals surface area contributed by atoms with Crippen LogP contribution in [0.25, 0.3) is 21.7 Å². The molecule has 0 radical (unpaired) electrons. The Bertz CT molecular complexity index is 670. The monoisotopic (exact) mass is 212 g/mol. The van der Waals surface area contributed by atoms with Crippen molar-refractivity contribution in [2.45, 2.75) is 6.92 Å². The van der Waals surface area contributed by atoms with Gasteiger partial charge in [-0.2, -0.15) is 0 Å². The van der Waals surface area contributed by atoms with Crippen LogP contribution in [0.5, 0.6) is 0 Å². The number of fused-ring (bicyclic) bond motifs is 3. The van der Waals surface area contributed by atoms with Crippen molar-refractivity contribution in [3.05, 3.63) is 42.1 Å². The Morgan fingerprint density at radius 3 is 2.69 bits per heavy atom. The molecule has 2 aromatic carbocycles. The van der Waals surface area contributed by atoms with Crippen LogP contribution in [0.3, 0.4) is 0 Å². The summed E-state index contributed by atoms with van der Waals surface area (Å²) >= 11 is 0. The SMILES string of the molecule is COn1nc(C)c2ccc3ccccc3c21. The van der Waals surface area contributed by atoms with Crippen molar-refractivity contribution in [2.75, 3.05) is 7.11 Å². The number of aromatic nitrogens is 2. The molecule has 80 valence electrons. The summed E-state index contributed by atoms with van der Waals surface area (Å²) in [4.78, 5) is 6.85. The molecular formula is C13H12N2O. The molecule has 3 rings (SSSR count). The third-order valence-electron chi connectivity index (χ3n) is 2.90. The number of rotatable bonds is 1. The van der Waals surface area contributed by atoms with Crippen molar-refractivity contribution in [3.63, 3.8) is 0 Å². The quantitative estimate of drug-likeness (QED) is 0.620. The number of aryl methyl sites for hydroxylation is 1. The lowest BCUT2D eigenvalue weighted by Gasteiger charge is -2.03. The Morgan fingerprint density at radius 1 is 1.06 bits per heavy atom. The number of hydrogen-bond acceptors (Lipinski definition) is 2. The molecule has 0 fully saturated rings. The third kappa shape index (κ3) is 1.11. The molecule has 0 atom stereocenters. The van der Waals surface area contributed by atoms with Crippen LogP contribution in [0.2, 0.25) is 0 Å². The van der Waals surface area contributed by atoms with Crippen LogP contribution in [-0.4, -0.2) is 17.1 Å². The van der Waals surface area contributed by atoms with Crippen LogP contribution in [0.4, 0.5) is 0 Å². The number of hydrogen-bond donors (Lipinski definition) is 0. The zero-order valence-corrected chi connectivity index (χ0v) is 9.27. The van der Waals surface area contributed by atoms with E-state index in [1.54, 1.807) is 12.0 Å². The highest BCUT2D eigenvalue weighted by atomic mass is 16.7. The largest absolute Gasteiger partial charge is 0.399 e. The Balaban J connectivity index is 2.58. The lowest BCUT2D eigenvalue weighted by molar-refractivity contribution is 0.145. The molecule has 0 saturated heterocycles. The molecule has 0 aliphatic carbocycles. The summed E-state index contributed by atoms with van der Waals surface area (Å²) in [5.74, 6) is 0. The molecule has 3 aromatic rings. The van der Waals surface area contributed by atoms with Crippen molar-refractivity contribution < 1.29 is 4.84 Å². The molecule has 0 bridgehead atoms. The summed E-state index contributed by atoms with van der Waals surface area (Å²) < 4.78 is 0. The first-order chi connectivity index (χ1) is 7.81. The van der Waals surface area contributed by atoms with Gasteiger partial charge in [0.1, 0.15) is 12.6 Å². The van der Waals surface area contributed by atoms with Crippen LogP contribution in [0, 0.1) is 6.92 Å². The Hall–Kier alpha value is -2.03. The second-order valence-electron chi connectivity index (χ2n) is 3.82. The highest BCUT2D eigenvalue weighted by Gasteiger charge is 2.10. The van der Waals surface area contributed by atoms with Gasteiger partial charge >= 0.3 is 0 Å². The molecule has 0 amide bonds. The van der Waals surface area contributed by atoms with Crippen molar-refractivity contribution >= 4 is 21.7 Å². The van der Waals surface area contributed by atoms with Gasteiger partial charge in [-0.15, -0.1) is 5.10 Å². The Labute approximate surface area is 93.2 Å². The van der Waals surface area contributed by atoms with E-state index in [9.17, 15) is 0 Å². The molecule has 16 heavy (non-hydrogen) atoms. The van der Waals surface area contributed by atoms with E-state index in [0.29, 0.717) is 0 Å². The van der Waals surface area contributed by atoms with Crippen LogP contribution in [-0.2, 0) is 0 Å². The van der Waals surface area contributed by atoms with Gasteiger partial charge in [-0.05, 0) is 12.3 Å². The smallest absolute Gasteiger partial charge is 0.118 e. The van der Waals surface area contributed by atoms with E-state index in [2.05, 4.69) is 29.4 Å². The highest BCUT2D eigenvalue weighted by molar-refractivity contribution is 6.06. The van der Waals surface area contributed by atoms with Gasteiger partial charge in [0, 0.05) is 10.8 Å². The van der Waals surface area contributed by atoms with E-state index >= 15 is 0 Å². The maximum atomic E-state index is 5.26. The van der Waals surface area contributed by atoms with Crippen LogP contribution < -0.4 is 4.84 Å². The molecule has 3 nitrogen and oxygen atoms in total. The van der Waals surface area contributed by atoms with E-state index in [4.69, 9.17) is 4.84 Å². The molecule has 1 aromatic heterocycles. The molecule has 0 spiro atoms. The molecule has 0 unspecified atom stereocenters. The fourth-order valence-electron chi connectivity index (χ4n) is 2.13. The van der Waals surface area contributed by atoms with Gasteiger partial charge < -0.3 is 4.84 Å². The first-order valence-corrected chi connectivity index (χ1v) is 5.23. The van der Waals surface area contributed by atoms with Crippen LogP contribution in [0.1, 0.15) is 5.69 Å². The number of benzene rings is 2. The van der Waals surface area contributed by atoms with Gasteiger partial charge in [-0.3, -0.25) is 0 Å². The summed E-state index contributed by atoms with van der Waals surface area (Å²) in [6.07, 6.45) is 0.